The number of hydrogen-bond donors (Lipinski definition) is 0. The first-order valence-corrected chi connectivity index (χ1v) is 9.07. The fraction of sp³-hybridized carbons (Fsp3) is 0.0435. The van der Waals surface area contributed by atoms with Crippen molar-refractivity contribution in [1.29, 1.82) is 10.5 Å². The van der Waals surface area contributed by atoms with Crippen LogP contribution in [0.25, 0.3) is 11.6 Å². The highest BCUT2D eigenvalue weighted by Crippen LogP contribution is 2.21. The van der Waals surface area contributed by atoms with Crippen LogP contribution in [-0.2, 0) is 6.61 Å². The lowest BCUT2D eigenvalue weighted by Crippen LogP contribution is -1.94. The minimum absolute atomic E-state index is 0.497. The van der Waals surface area contributed by atoms with Gasteiger partial charge in [-0.3, -0.25) is 0 Å². The summed E-state index contributed by atoms with van der Waals surface area (Å²) in [5.74, 6) is 0.770. The van der Waals surface area contributed by atoms with Gasteiger partial charge in [0.2, 0.25) is 0 Å². The van der Waals surface area contributed by atoms with E-state index in [0.717, 1.165) is 26.9 Å². The number of halogens is 1. The molecule has 0 aromatic heterocycles. The van der Waals surface area contributed by atoms with Crippen LogP contribution in [0.3, 0.4) is 0 Å². The molecule has 130 valence electrons. The van der Waals surface area contributed by atoms with Crippen molar-refractivity contribution in [3.8, 4) is 17.9 Å². The van der Waals surface area contributed by atoms with E-state index in [9.17, 15) is 5.26 Å². The number of ether oxygens (including phenoxy) is 1. The second-order valence-corrected chi connectivity index (χ2v) is 6.76. The topological polar surface area (TPSA) is 56.8 Å². The van der Waals surface area contributed by atoms with E-state index < -0.39 is 0 Å². The highest BCUT2D eigenvalue weighted by atomic mass is 79.9. The lowest BCUT2D eigenvalue weighted by molar-refractivity contribution is 0.306. The number of allylic oxidation sites excluding steroid dienone is 1. The van der Waals surface area contributed by atoms with E-state index in [4.69, 9.17) is 10.00 Å². The Bertz CT molecular complexity index is 1020. The highest BCUT2D eigenvalue weighted by molar-refractivity contribution is 9.10. The zero-order valence-electron chi connectivity index (χ0n) is 14.4. The number of nitrogens with zero attached hydrogens (tertiary/aromatic N) is 2. The van der Waals surface area contributed by atoms with Crippen LogP contribution >= 0.6 is 15.9 Å². The molecule has 0 heterocycles. The maximum atomic E-state index is 9.44. The first-order chi connectivity index (χ1) is 13.2. The lowest BCUT2D eigenvalue weighted by Gasteiger charge is -2.07. The number of benzene rings is 3. The summed E-state index contributed by atoms with van der Waals surface area (Å²) in [5.41, 5.74) is 3.90. The second kappa shape index (κ2) is 8.85. The molecule has 0 aliphatic rings. The minimum atomic E-state index is 0.497. The Kier molecular flexibility index (Phi) is 6.05. The Morgan fingerprint density at radius 1 is 0.889 bits per heavy atom. The van der Waals surface area contributed by atoms with Crippen molar-refractivity contribution in [3.05, 3.63) is 99.5 Å². The number of nitriles is 2. The lowest BCUT2D eigenvalue weighted by atomic mass is 10.0. The molecular weight excluding hydrogens is 400 g/mol. The van der Waals surface area contributed by atoms with Crippen LogP contribution in [0.2, 0.25) is 0 Å². The molecule has 0 fully saturated rings. The molecule has 4 heteroatoms. The minimum Gasteiger partial charge on any atom is -0.489 e. The molecule has 3 aromatic rings. The summed E-state index contributed by atoms with van der Waals surface area (Å²) in [6, 6.07) is 26.9. The molecule has 0 radical (unpaired) electrons. The van der Waals surface area contributed by atoms with Crippen molar-refractivity contribution >= 4 is 27.6 Å². The molecule has 0 amide bonds. The number of hydrogen-bond acceptors (Lipinski definition) is 3. The third-order valence-electron chi connectivity index (χ3n) is 3.96. The van der Waals surface area contributed by atoms with Crippen LogP contribution in [0.4, 0.5) is 0 Å². The van der Waals surface area contributed by atoms with Gasteiger partial charge in [-0.15, -0.1) is 0 Å². The van der Waals surface area contributed by atoms with Crippen LogP contribution in [0, 0.1) is 22.7 Å². The van der Waals surface area contributed by atoms with Crippen molar-refractivity contribution in [2.45, 2.75) is 6.61 Å². The van der Waals surface area contributed by atoms with E-state index in [1.807, 2.05) is 54.6 Å². The molecule has 0 bridgehead atoms. The normalized spacial score (nSPS) is 10.7. The second-order valence-electron chi connectivity index (χ2n) is 5.84. The summed E-state index contributed by atoms with van der Waals surface area (Å²) in [6.07, 6.45) is 1.82. The standard InChI is InChI=1S/C23H15BrN2O/c24-22-9-3-19(4-10-22)16-27-23-11-5-17(6-12-23)13-21(15-26)20-7-1-18(14-25)2-8-20/h1-13H,16H2/b21-13-. The summed E-state index contributed by atoms with van der Waals surface area (Å²) in [7, 11) is 0. The van der Waals surface area contributed by atoms with Crippen molar-refractivity contribution in [3.63, 3.8) is 0 Å². The van der Waals surface area contributed by atoms with E-state index in [1.54, 1.807) is 24.3 Å². The third kappa shape index (κ3) is 5.07. The van der Waals surface area contributed by atoms with Gasteiger partial charge in [-0.1, -0.05) is 52.3 Å². The maximum Gasteiger partial charge on any atom is 0.119 e. The Hall–Kier alpha value is -3.34. The van der Waals surface area contributed by atoms with Gasteiger partial charge in [0.25, 0.3) is 0 Å². The van der Waals surface area contributed by atoms with Crippen LogP contribution in [-0.4, -0.2) is 0 Å². The molecule has 0 saturated heterocycles. The molecule has 0 atom stereocenters. The molecule has 0 saturated carbocycles. The van der Waals surface area contributed by atoms with Crippen molar-refractivity contribution in [2.75, 3.05) is 0 Å². The third-order valence-corrected chi connectivity index (χ3v) is 4.48. The van der Waals surface area contributed by atoms with Gasteiger partial charge in [-0.25, -0.2) is 0 Å². The van der Waals surface area contributed by atoms with Crippen molar-refractivity contribution in [2.24, 2.45) is 0 Å². The smallest absolute Gasteiger partial charge is 0.119 e. The van der Waals surface area contributed by atoms with E-state index >= 15 is 0 Å². The quantitative estimate of drug-likeness (QED) is 0.381. The monoisotopic (exact) mass is 414 g/mol. The molecular formula is C23H15BrN2O. The van der Waals surface area contributed by atoms with Crippen molar-refractivity contribution < 1.29 is 4.74 Å². The summed E-state index contributed by atoms with van der Waals surface area (Å²) in [6.45, 7) is 0.497. The Labute approximate surface area is 166 Å². The number of rotatable bonds is 5. The molecule has 3 nitrogen and oxygen atoms in total. The predicted octanol–water partition coefficient (Wildman–Crippen LogP) is 5.96. The highest BCUT2D eigenvalue weighted by Gasteiger charge is 2.02. The van der Waals surface area contributed by atoms with Crippen LogP contribution in [0.5, 0.6) is 5.75 Å². The first kappa shape index (κ1) is 18.5. The van der Waals surface area contributed by atoms with Gasteiger partial charge in [0.1, 0.15) is 12.4 Å². The molecule has 27 heavy (non-hydrogen) atoms. The van der Waals surface area contributed by atoms with Crippen LogP contribution in [0.1, 0.15) is 22.3 Å². The van der Waals surface area contributed by atoms with Gasteiger partial charge in [0, 0.05) is 4.47 Å². The van der Waals surface area contributed by atoms with Gasteiger partial charge >= 0.3 is 0 Å². The Morgan fingerprint density at radius 3 is 2.15 bits per heavy atom. The Balaban J connectivity index is 1.69. The average molecular weight is 415 g/mol. The molecule has 0 spiro atoms. The predicted molar refractivity (Wildman–Crippen MR) is 110 cm³/mol. The molecule has 0 unspecified atom stereocenters. The van der Waals surface area contributed by atoms with E-state index in [1.165, 1.54) is 0 Å². The summed E-state index contributed by atoms with van der Waals surface area (Å²) >= 11 is 3.42. The largest absolute Gasteiger partial charge is 0.489 e. The fourth-order valence-electron chi connectivity index (χ4n) is 2.48. The fourth-order valence-corrected chi connectivity index (χ4v) is 2.74. The molecule has 0 aliphatic heterocycles. The van der Waals surface area contributed by atoms with Gasteiger partial charge < -0.3 is 4.74 Å². The maximum absolute atomic E-state index is 9.44. The zero-order valence-corrected chi connectivity index (χ0v) is 16.0. The summed E-state index contributed by atoms with van der Waals surface area (Å²) < 4.78 is 6.84. The summed E-state index contributed by atoms with van der Waals surface area (Å²) in [5, 5.41) is 18.3. The van der Waals surface area contributed by atoms with Crippen LogP contribution < -0.4 is 4.74 Å². The van der Waals surface area contributed by atoms with Crippen molar-refractivity contribution in [1.82, 2.24) is 0 Å². The van der Waals surface area contributed by atoms with Gasteiger partial charge in [-0.2, -0.15) is 10.5 Å². The average Bonchev–Trinajstić information content (AvgIpc) is 2.72. The molecule has 3 aromatic carbocycles. The van der Waals surface area contributed by atoms with E-state index in [2.05, 4.69) is 28.1 Å². The van der Waals surface area contributed by atoms with E-state index in [-0.39, 0.29) is 0 Å². The summed E-state index contributed by atoms with van der Waals surface area (Å²) in [4.78, 5) is 0. The van der Waals surface area contributed by atoms with Crippen LogP contribution in [0.15, 0.2) is 77.3 Å². The molecule has 0 aliphatic carbocycles. The zero-order chi connectivity index (χ0) is 19.1. The Morgan fingerprint density at radius 2 is 1.56 bits per heavy atom. The van der Waals surface area contributed by atoms with Gasteiger partial charge in [-0.05, 0) is 59.2 Å². The first-order valence-electron chi connectivity index (χ1n) is 8.27. The van der Waals surface area contributed by atoms with Gasteiger partial charge in [0.05, 0.1) is 23.3 Å². The van der Waals surface area contributed by atoms with Gasteiger partial charge in [0.15, 0.2) is 0 Å². The van der Waals surface area contributed by atoms with E-state index in [0.29, 0.717) is 17.7 Å². The SMILES string of the molecule is N#C/C(=C/c1ccc(OCc2ccc(Br)cc2)cc1)c1ccc(C#N)cc1. The molecule has 3 rings (SSSR count). The molecule has 0 N–H and O–H groups in total.